The third kappa shape index (κ3) is 4.05. The van der Waals surface area contributed by atoms with Gasteiger partial charge in [0.1, 0.15) is 0 Å². The fourth-order valence-corrected chi connectivity index (χ4v) is 2.07. The van der Waals surface area contributed by atoms with Gasteiger partial charge in [0, 0.05) is 12.1 Å². The summed E-state index contributed by atoms with van der Waals surface area (Å²) in [5.74, 6) is -0.738. The van der Waals surface area contributed by atoms with Gasteiger partial charge in [-0.1, -0.05) is 6.07 Å². The number of amides is 1. The molecule has 1 saturated carbocycles. The smallest absolute Gasteiger partial charge is 0.303 e. The number of carboxylic acids is 1. The lowest BCUT2D eigenvalue weighted by Crippen LogP contribution is -2.30. The summed E-state index contributed by atoms with van der Waals surface area (Å²) in [6.07, 6.45) is 2.05. The molecular formula is C14H18N2O3. The zero-order chi connectivity index (χ0) is 13.8. The number of aryl methyl sites for hydroxylation is 1. The highest BCUT2D eigenvalue weighted by atomic mass is 16.4. The number of nitrogens with zero attached hydrogens (tertiary/aromatic N) is 1. The molecule has 1 aromatic heterocycles. The van der Waals surface area contributed by atoms with Crippen molar-refractivity contribution in [3.8, 4) is 0 Å². The normalized spacial score (nSPS) is 15.8. The van der Waals surface area contributed by atoms with Gasteiger partial charge < -0.3 is 10.4 Å². The Balaban J connectivity index is 2.00. The quantitative estimate of drug-likeness (QED) is 0.819. The Bertz CT molecular complexity index is 483. The van der Waals surface area contributed by atoms with Gasteiger partial charge in [-0.2, -0.15) is 0 Å². The van der Waals surface area contributed by atoms with E-state index in [2.05, 4.69) is 10.3 Å². The molecule has 1 aliphatic carbocycles. The van der Waals surface area contributed by atoms with E-state index in [1.165, 1.54) is 0 Å². The summed E-state index contributed by atoms with van der Waals surface area (Å²) in [4.78, 5) is 26.7. The highest BCUT2D eigenvalue weighted by molar-refractivity contribution is 5.80. The number of pyridine rings is 1. The van der Waals surface area contributed by atoms with Crippen molar-refractivity contribution < 1.29 is 14.7 Å². The van der Waals surface area contributed by atoms with Crippen molar-refractivity contribution in [1.29, 1.82) is 0 Å². The van der Waals surface area contributed by atoms with E-state index in [1.807, 2.05) is 25.1 Å². The predicted octanol–water partition coefficient (Wildman–Crippen LogP) is 1.82. The first-order valence-electron chi connectivity index (χ1n) is 6.51. The molecule has 1 fully saturated rings. The van der Waals surface area contributed by atoms with Crippen LogP contribution in [-0.4, -0.2) is 22.0 Å². The van der Waals surface area contributed by atoms with Gasteiger partial charge in [-0.3, -0.25) is 14.6 Å². The van der Waals surface area contributed by atoms with Gasteiger partial charge in [0.15, 0.2) is 0 Å². The van der Waals surface area contributed by atoms with Crippen molar-refractivity contribution in [2.45, 2.75) is 38.6 Å². The van der Waals surface area contributed by atoms with E-state index in [9.17, 15) is 9.59 Å². The fourth-order valence-electron chi connectivity index (χ4n) is 2.07. The van der Waals surface area contributed by atoms with Crippen LogP contribution in [0.4, 0.5) is 0 Å². The summed E-state index contributed by atoms with van der Waals surface area (Å²) in [6.45, 7) is 1.92. The molecule has 0 unspecified atom stereocenters. The van der Waals surface area contributed by atoms with E-state index in [0.29, 0.717) is 5.92 Å². The van der Waals surface area contributed by atoms with Crippen molar-refractivity contribution in [3.63, 3.8) is 0 Å². The zero-order valence-corrected chi connectivity index (χ0v) is 10.9. The number of carbonyl (C=O) groups is 2. The van der Waals surface area contributed by atoms with Crippen LogP contribution >= 0.6 is 0 Å². The molecule has 1 amide bonds. The Morgan fingerprint density at radius 2 is 2.16 bits per heavy atom. The summed E-state index contributed by atoms with van der Waals surface area (Å²) in [5.41, 5.74) is 1.79. The van der Waals surface area contributed by atoms with E-state index >= 15 is 0 Å². The van der Waals surface area contributed by atoms with E-state index in [-0.39, 0.29) is 24.8 Å². The number of hydrogen-bond acceptors (Lipinski definition) is 3. The Morgan fingerprint density at radius 3 is 2.74 bits per heavy atom. The number of hydrogen-bond donors (Lipinski definition) is 2. The molecule has 2 rings (SSSR count). The second kappa shape index (κ2) is 5.82. The third-order valence-electron chi connectivity index (χ3n) is 3.20. The molecule has 1 heterocycles. The number of carboxylic acid groups (broad SMARTS) is 1. The van der Waals surface area contributed by atoms with E-state index < -0.39 is 5.97 Å². The molecule has 5 heteroatoms. The van der Waals surface area contributed by atoms with E-state index in [4.69, 9.17) is 5.11 Å². The van der Waals surface area contributed by atoms with Crippen molar-refractivity contribution in [2.24, 2.45) is 5.92 Å². The first kappa shape index (κ1) is 13.5. The SMILES string of the molecule is Cc1cccc([C@H](NC(=O)CCC(=O)O)C2CC2)n1. The summed E-state index contributed by atoms with van der Waals surface area (Å²) in [5, 5.41) is 11.5. The van der Waals surface area contributed by atoms with E-state index in [0.717, 1.165) is 24.2 Å². The van der Waals surface area contributed by atoms with Crippen LogP contribution in [0, 0.1) is 12.8 Å². The third-order valence-corrected chi connectivity index (χ3v) is 3.20. The van der Waals surface area contributed by atoms with Gasteiger partial charge in [0.25, 0.3) is 0 Å². The molecule has 102 valence electrons. The van der Waals surface area contributed by atoms with Crippen LogP contribution in [0.1, 0.15) is 43.1 Å². The van der Waals surface area contributed by atoms with Crippen LogP contribution in [0.15, 0.2) is 18.2 Å². The highest BCUT2D eigenvalue weighted by Crippen LogP contribution is 2.40. The first-order chi connectivity index (χ1) is 9.06. The Hall–Kier alpha value is -1.91. The second-order valence-electron chi connectivity index (χ2n) is 4.98. The monoisotopic (exact) mass is 262 g/mol. The molecule has 0 aliphatic heterocycles. The molecule has 0 radical (unpaired) electrons. The lowest BCUT2D eigenvalue weighted by atomic mass is 10.1. The average Bonchev–Trinajstić information content (AvgIpc) is 3.17. The maximum atomic E-state index is 11.7. The fraction of sp³-hybridized carbons (Fsp3) is 0.500. The maximum absolute atomic E-state index is 11.7. The Labute approximate surface area is 112 Å². The van der Waals surface area contributed by atoms with Gasteiger partial charge in [-0.25, -0.2) is 0 Å². The number of nitrogens with one attached hydrogen (secondary N) is 1. The summed E-state index contributed by atoms with van der Waals surface area (Å²) in [6, 6.07) is 5.67. The Kier molecular flexibility index (Phi) is 4.14. The molecular weight excluding hydrogens is 244 g/mol. The molecule has 0 saturated heterocycles. The van der Waals surface area contributed by atoms with E-state index in [1.54, 1.807) is 0 Å². The van der Waals surface area contributed by atoms with Crippen molar-refractivity contribution in [1.82, 2.24) is 10.3 Å². The van der Waals surface area contributed by atoms with Crippen LogP contribution in [-0.2, 0) is 9.59 Å². The number of carbonyl (C=O) groups excluding carboxylic acids is 1. The minimum atomic E-state index is -0.952. The summed E-state index contributed by atoms with van der Waals surface area (Å²) >= 11 is 0. The number of rotatable bonds is 6. The molecule has 0 spiro atoms. The predicted molar refractivity (Wildman–Crippen MR) is 69.5 cm³/mol. The topological polar surface area (TPSA) is 79.3 Å². The van der Waals surface area contributed by atoms with Gasteiger partial charge in [0.05, 0.1) is 18.2 Å². The van der Waals surface area contributed by atoms with Crippen molar-refractivity contribution in [3.05, 3.63) is 29.6 Å². The minimum absolute atomic E-state index is 0.0182. The van der Waals surface area contributed by atoms with Crippen LogP contribution in [0.2, 0.25) is 0 Å². The molecule has 0 bridgehead atoms. The van der Waals surface area contributed by atoms with Crippen LogP contribution in [0.25, 0.3) is 0 Å². The summed E-state index contributed by atoms with van der Waals surface area (Å²) in [7, 11) is 0. The summed E-state index contributed by atoms with van der Waals surface area (Å²) < 4.78 is 0. The van der Waals surface area contributed by atoms with Crippen LogP contribution in [0.3, 0.4) is 0 Å². The van der Waals surface area contributed by atoms with Crippen LogP contribution in [0.5, 0.6) is 0 Å². The molecule has 19 heavy (non-hydrogen) atoms. The Morgan fingerprint density at radius 1 is 1.42 bits per heavy atom. The van der Waals surface area contributed by atoms with Crippen molar-refractivity contribution in [2.75, 3.05) is 0 Å². The van der Waals surface area contributed by atoms with Gasteiger partial charge in [-0.05, 0) is 37.8 Å². The maximum Gasteiger partial charge on any atom is 0.303 e. The lowest BCUT2D eigenvalue weighted by molar-refractivity contribution is -0.139. The highest BCUT2D eigenvalue weighted by Gasteiger charge is 2.34. The standard InChI is InChI=1S/C14H18N2O3/c1-9-3-2-4-11(15-9)14(10-5-6-10)16-12(17)7-8-13(18)19/h2-4,10,14H,5-8H2,1H3,(H,16,17)(H,18,19)/t14-/m1/s1. The largest absolute Gasteiger partial charge is 0.481 e. The van der Waals surface area contributed by atoms with Gasteiger partial charge >= 0.3 is 5.97 Å². The first-order valence-corrected chi connectivity index (χ1v) is 6.51. The number of aliphatic carboxylic acids is 1. The second-order valence-corrected chi connectivity index (χ2v) is 4.98. The molecule has 1 aliphatic rings. The van der Waals surface area contributed by atoms with Crippen LogP contribution < -0.4 is 5.32 Å². The molecule has 2 N–H and O–H groups in total. The lowest BCUT2D eigenvalue weighted by Gasteiger charge is -2.18. The van der Waals surface area contributed by atoms with Gasteiger partial charge in [-0.15, -0.1) is 0 Å². The molecule has 0 aromatic carbocycles. The molecule has 1 aromatic rings. The molecule has 5 nitrogen and oxygen atoms in total. The molecule has 1 atom stereocenters. The average molecular weight is 262 g/mol. The van der Waals surface area contributed by atoms with Crippen molar-refractivity contribution >= 4 is 11.9 Å². The number of aromatic nitrogens is 1. The minimum Gasteiger partial charge on any atom is -0.481 e. The zero-order valence-electron chi connectivity index (χ0n) is 10.9. The van der Waals surface area contributed by atoms with Gasteiger partial charge in [0.2, 0.25) is 5.91 Å².